The van der Waals surface area contributed by atoms with Crippen LogP contribution in [-0.2, 0) is 0 Å². The number of hydrogen-bond acceptors (Lipinski definition) is 5. The highest BCUT2D eigenvalue weighted by atomic mass is 32.1. The minimum Gasteiger partial charge on any atom is -0.339 e. The van der Waals surface area contributed by atoms with E-state index in [9.17, 15) is 0 Å². The maximum absolute atomic E-state index is 4.51. The van der Waals surface area contributed by atoms with Gasteiger partial charge in [0.1, 0.15) is 0 Å². The van der Waals surface area contributed by atoms with Crippen LogP contribution in [0, 0.1) is 6.92 Å². The number of benzene rings is 2. The molecule has 0 aliphatic heterocycles. The van der Waals surface area contributed by atoms with E-state index in [0.29, 0.717) is 0 Å². The zero-order valence-electron chi connectivity index (χ0n) is 13.7. The third-order valence-corrected chi connectivity index (χ3v) is 4.58. The van der Waals surface area contributed by atoms with Gasteiger partial charge in [0.05, 0.1) is 16.4 Å². The highest BCUT2D eigenvalue weighted by molar-refractivity contribution is 7.09. The summed E-state index contributed by atoms with van der Waals surface area (Å²) < 4.78 is 0. The molecular formula is C20H16N4S. The number of rotatable bonds is 4. The van der Waals surface area contributed by atoms with Crippen molar-refractivity contribution in [3.8, 4) is 22.5 Å². The third kappa shape index (κ3) is 3.56. The summed E-state index contributed by atoms with van der Waals surface area (Å²) in [4.78, 5) is 4.51. The Bertz CT molecular complexity index is 961. The van der Waals surface area contributed by atoms with Crippen LogP contribution in [0.4, 0.5) is 11.5 Å². The van der Waals surface area contributed by atoms with Crippen LogP contribution in [0.25, 0.3) is 22.5 Å². The molecule has 0 saturated heterocycles. The standard InChI is InChI=1S/C20H16N4S/c1-14-21-19(13-25-14)16-7-9-17(10-8-16)22-20-12-11-18(23-24-20)15-5-3-2-4-6-15/h2-13H,1H3,(H,22,24). The molecule has 0 bridgehead atoms. The Balaban J connectivity index is 1.48. The van der Waals surface area contributed by atoms with Crippen LogP contribution in [0.2, 0.25) is 0 Å². The van der Waals surface area contributed by atoms with Crippen molar-refractivity contribution in [2.24, 2.45) is 0 Å². The second-order valence-electron chi connectivity index (χ2n) is 5.62. The number of hydrogen-bond donors (Lipinski definition) is 1. The Labute approximate surface area is 150 Å². The van der Waals surface area contributed by atoms with Gasteiger partial charge in [0.2, 0.25) is 0 Å². The second kappa shape index (κ2) is 6.83. The normalized spacial score (nSPS) is 10.6. The quantitative estimate of drug-likeness (QED) is 0.544. The Hall–Kier alpha value is -3.05. The summed E-state index contributed by atoms with van der Waals surface area (Å²) in [5.41, 5.74) is 5.02. The van der Waals surface area contributed by atoms with E-state index in [1.54, 1.807) is 11.3 Å². The van der Waals surface area contributed by atoms with Gasteiger partial charge >= 0.3 is 0 Å². The lowest BCUT2D eigenvalue weighted by Gasteiger charge is -2.06. The number of thiazole rings is 1. The van der Waals surface area contributed by atoms with Crippen molar-refractivity contribution in [1.82, 2.24) is 15.2 Å². The average Bonchev–Trinajstić information content (AvgIpc) is 3.10. The molecule has 0 saturated carbocycles. The van der Waals surface area contributed by atoms with Crippen LogP contribution >= 0.6 is 11.3 Å². The molecule has 0 fully saturated rings. The fourth-order valence-electron chi connectivity index (χ4n) is 2.53. The van der Waals surface area contributed by atoms with Gasteiger partial charge in [0.15, 0.2) is 5.82 Å². The number of aromatic nitrogens is 3. The molecule has 0 aliphatic carbocycles. The van der Waals surface area contributed by atoms with Crippen LogP contribution in [0.1, 0.15) is 5.01 Å². The SMILES string of the molecule is Cc1nc(-c2ccc(Nc3ccc(-c4ccccc4)nn3)cc2)cs1. The Morgan fingerprint density at radius 1 is 0.760 bits per heavy atom. The molecule has 0 aliphatic rings. The van der Waals surface area contributed by atoms with Crippen molar-refractivity contribution < 1.29 is 0 Å². The summed E-state index contributed by atoms with van der Waals surface area (Å²) in [6.45, 7) is 2.02. The van der Waals surface area contributed by atoms with E-state index in [1.165, 1.54) is 0 Å². The molecule has 4 aromatic rings. The summed E-state index contributed by atoms with van der Waals surface area (Å²) in [7, 11) is 0. The van der Waals surface area contributed by atoms with Crippen LogP contribution in [0.3, 0.4) is 0 Å². The molecule has 0 spiro atoms. The molecule has 25 heavy (non-hydrogen) atoms. The maximum Gasteiger partial charge on any atom is 0.153 e. The van der Waals surface area contributed by atoms with Crippen LogP contribution in [0.5, 0.6) is 0 Å². The first-order chi connectivity index (χ1) is 12.3. The fourth-order valence-corrected chi connectivity index (χ4v) is 3.15. The van der Waals surface area contributed by atoms with Crippen LogP contribution in [-0.4, -0.2) is 15.2 Å². The van der Waals surface area contributed by atoms with Crippen molar-refractivity contribution in [2.45, 2.75) is 6.92 Å². The molecule has 0 atom stereocenters. The first-order valence-corrected chi connectivity index (χ1v) is 8.85. The summed E-state index contributed by atoms with van der Waals surface area (Å²) in [5, 5.41) is 15.0. The Morgan fingerprint density at radius 2 is 1.52 bits per heavy atom. The van der Waals surface area contributed by atoms with E-state index in [2.05, 4.69) is 38.0 Å². The summed E-state index contributed by atoms with van der Waals surface area (Å²) in [5.74, 6) is 0.719. The monoisotopic (exact) mass is 344 g/mol. The molecule has 0 amide bonds. The van der Waals surface area contributed by atoms with Gasteiger partial charge in [-0.1, -0.05) is 42.5 Å². The highest BCUT2D eigenvalue weighted by Gasteiger charge is 2.04. The smallest absolute Gasteiger partial charge is 0.153 e. The molecule has 122 valence electrons. The summed E-state index contributed by atoms with van der Waals surface area (Å²) in [6.07, 6.45) is 0. The lowest BCUT2D eigenvalue weighted by molar-refractivity contribution is 1.04. The summed E-state index contributed by atoms with van der Waals surface area (Å²) in [6, 6.07) is 22.1. The first kappa shape index (κ1) is 15.5. The highest BCUT2D eigenvalue weighted by Crippen LogP contribution is 2.24. The minimum absolute atomic E-state index is 0.719. The van der Waals surface area contributed by atoms with E-state index >= 15 is 0 Å². The van der Waals surface area contributed by atoms with Gasteiger partial charge in [-0.2, -0.15) is 0 Å². The van der Waals surface area contributed by atoms with Gasteiger partial charge in [0, 0.05) is 22.2 Å². The van der Waals surface area contributed by atoms with Gasteiger partial charge in [0.25, 0.3) is 0 Å². The van der Waals surface area contributed by atoms with Crippen LogP contribution in [0.15, 0.2) is 72.1 Å². The first-order valence-electron chi connectivity index (χ1n) is 7.97. The molecular weight excluding hydrogens is 328 g/mol. The average molecular weight is 344 g/mol. The van der Waals surface area contributed by atoms with Crippen molar-refractivity contribution >= 4 is 22.8 Å². The molecule has 2 aromatic carbocycles. The van der Waals surface area contributed by atoms with Gasteiger partial charge in [-0.3, -0.25) is 0 Å². The summed E-state index contributed by atoms with van der Waals surface area (Å²) >= 11 is 1.66. The maximum atomic E-state index is 4.51. The Morgan fingerprint density at radius 3 is 2.16 bits per heavy atom. The predicted molar refractivity (Wildman–Crippen MR) is 103 cm³/mol. The van der Waals surface area contributed by atoms with Gasteiger partial charge in [-0.25, -0.2) is 4.98 Å². The van der Waals surface area contributed by atoms with Crippen molar-refractivity contribution in [1.29, 1.82) is 0 Å². The van der Waals surface area contributed by atoms with Crippen LogP contribution < -0.4 is 5.32 Å². The van der Waals surface area contributed by atoms with E-state index < -0.39 is 0 Å². The third-order valence-electron chi connectivity index (χ3n) is 3.81. The minimum atomic E-state index is 0.719. The molecule has 0 unspecified atom stereocenters. The molecule has 4 rings (SSSR count). The molecule has 0 radical (unpaired) electrons. The van der Waals surface area contributed by atoms with Gasteiger partial charge in [-0.15, -0.1) is 21.5 Å². The largest absolute Gasteiger partial charge is 0.339 e. The zero-order chi connectivity index (χ0) is 17.1. The van der Waals surface area contributed by atoms with E-state index in [1.807, 2.05) is 61.5 Å². The number of nitrogens with zero attached hydrogens (tertiary/aromatic N) is 3. The van der Waals surface area contributed by atoms with E-state index in [0.717, 1.165) is 39.0 Å². The topological polar surface area (TPSA) is 50.7 Å². The number of nitrogens with one attached hydrogen (secondary N) is 1. The number of anilines is 2. The predicted octanol–water partition coefficient (Wildman–Crippen LogP) is 5.32. The van der Waals surface area contributed by atoms with Gasteiger partial charge < -0.3 is 5.32 Å². The molecule has 2 aromatic heterocycles. The molecule has 2 heterocycles. The molecule has 4 nitrogen and oxygen atoms in total. The lowest BCUT2D eigenvalue weighted by Crippen LogP contribution is -1.96. The second-order valence-corrected chi connectivity index (χ2v) is 6.69. The van der Waals surface area contributed by atoms with Crippen molar-refractivity contribution in [3.05, 3.63) is 77.1 Å². The molecule has 5 heteroatoms. The van der Waals surface area contributed by atoms with Gasteiger partial charge in [-0.05, 0) is 31.2 Å². The fraction of sp³-hybridized carbons (Fsp3) is 0.0500. The Kier molecular flexibility index (Phi) is 4.23. The van der Waals surface area contributed by atoms with Crippen molar-refractivity contribution in [2.75, 3.05) is 5.32 Å². The van der Waals surface area contributed by atoms with Crippen molar-refractivity contribution in [3.63, 3.8) is 0 Å². The number of aryl methyl sites for hydroxylation is 1. The van der Waals surface area contributed by atoms with E-state index in [4.69, 9.17) is 0 Å². The van der Waals surface area contributed by atoms with E-state index in [-0.39, 0.29) is 0 Å². The lowest BCUT2D eigenvalue weighted by atomic mass is 10.1. The zero-order valence-corrected chi connectivity index (χ0v) is 14.5. The molecule has 1 N–H and O–H groups in total.